The van der Waals surface area contributed by atoms with Crippen molar-refractivity contribution in [2.75, 3.05) is 0 Å². The molecular weight excluding hydrogens is 232 g/mol. The summed E-state index contributed by atoms with van der Waals surface area (Å²) in [7, 11) is 0. The van der Waals surface area contributed by atoms with Crippen LogP contribution in [0.3, 0.4) is 0 Å². The Morgan fingerprint density at radius 3 is 2.35 bits per heavy atom. The molecule has 1 atom stereocenters. The van der Waals surface area contributed by atoms with Crippen LogP contribution in [-0.4, -0.2) is 23.0 Å². The van der Waals surface area contributed by atoms with Gasteiger partial charge in [0.1, 0.15) is 17.7 Å². The van der Waals surface area contributed by atoms with Gasteiger partial charge < -0.3 is 10.4 Å². The Hall–Kier alpha value is -1.98. The Balaban J connectivity index is 2.72. The molecule has 0 saturated heterocycles. The van der Waals surface area contributed by atoms with Crippen LogP contribution < -0.4 is 5.32 Å². The summed E-state index contributed by atoms with van der Waals surface area (Å²) in [5.41, 5.74) is -0.373. The first kappa shape index (κ1) is 13.1. The number of carbonyl (C=O) groups excluding carboxylic acids is 1. The fourth-order valence-electron chi connectivity index (χ4n) is 1.22. The van der Waals surface area contributed by atoms with E-state index in [1.165, 1.54) is 13.0 Å². The molecule has 0 aromatic heterocycles. The Labute approximate surface area is 96.3 Å². The maximum atomic E-state index is 13.2. The largest absolute Gasteiger partial charge is 0.480 e. The van der Waals surface area contributed by atoms with Gasteiger partial charge in [0.2, 0.25) is 5.91 Å². The van der Waals surface area contributed by atoms with Crippen molar-refractivity contribution in [2.45, 2.75) is 19.4 Å². The van der Waals surface area contributed by atoms with Crippen molar-refractivity contribution in [1.29, 1.82) is 0 Å². The molecule has 1 amide bonds. The third-order valence-electron chi connectivity index (χ3n) is 2.15. The third-order valence-corrected chi connectivity index (χ3v) is 2.15. The minimum atomic E-state index is -1.22. The van der Waals surface area contributed by atoms with Gasteiger partial charge in [0.05, 0.1) is 6.42 Å². The molecule has 0 saturated carbocycles. The van der Waals surface area contributed by atoms with Crippen molar-refractivity contribution in [3.05, 3.63) is 35.4 Å². The molecule has 0 fully saturated rings. The van der Waals surface area contributed by atoms with Crippen molar-refractivity contribution in [3.8, 4) is 0 Å². The Morgan fingerprint density at radius 2 is 1.88 bits per heavy atom. The average molecular weight is 243 g/mol. The highest BCUT2D eigenvalue weighted by Crippen LogP contribution is 2.12. The van der Waals surface area contributed by atoms with Crippen LogP contribution in [0.25, 0.3) is 0 Å². The number of amides is 1. The van der Waals surface area contributed by atoms with Crippen LogP contribution >= 0.6 is 0 Å². The number of rotatable bonds is 4. The molecule has 0 radical (unpaired) electrons. The van der Waals surface area contributed by atoms with Gasteiger partial charge in [0.15, 0.2) is 0 Å². The first-order valence-electron chi connectivity index (χ1n) is 4.87. The monoisotopic (exact) mass is 243 g/mol. The molecule has 0 heterocycles. The predicted octanol–water partition coefficient (Wildman–Crippen LogP) is 1.10. The fraction of sp³-hybridized carbons (Fsp3) is 0.273. The molecule has 0 aliphatic carbocycles. The van der Waals surface area contributed by atoms with Gasteiger partial charge in [-0.2, -0.15) is 0 Å². The number of carboxylic acids is 1. The van der Waals surface area contributed by atoms with Crippen molar-refractivity contribution >= 4 is 11.9 Å². The van der Waals surface area contributed by atoms with E-state index in [-0.39, 0.29) is 5.56 Å². The second-order valence-electron chi connectivity index (χ2n) is 3.50. The molecule has 0 bridgehead atoms. The topological polar surface area (TPSA) is 66.4 Å². The summed E-state index contributed by atoms with van der Waals surface area (Å²) in [6.45, 7) is 1.26. The molecule has 17 heavy (non-hydrogen) atoms. The molecule has 0 aliphatic heterocycles. The zero-order valence-corrected chi connectivity index (χ0v) is 9.04. The van der Waals surface area contributed by atoms with E-state index in [4.69, 9.17) is 5.11 Å². The number of benzene rings is 1. The summed E-state index contributed by atoms with van der Waals surface area (Å²) in [6.07, 6.45) is -0.532. The molecule has 0 spiro atoms. The molecule has 6 heteroatoms. The van der Waals surface area contributed by atoms with Gasteiger partial charge in [-0.3, -0.25) is 9.59 Å². The van der Waals surface area contributed by atoms with Crippen molar-refractivity contribution < 1.29 is 23.5 Å². The number of carboxylic acid groups (broad SMARTS) is 1. The number of nitrogens with one attached hydrogen (secondary N) is 1. The van der Waals surface area contributed by atoms with Gasteiger partial charge in [0, 0.05) is 5.56 Å². The van der Waals surface area contributed by atoms with E-state index in [0.29, 0.717) is 0 Å². The SMILES string of the molecule is CC(NC(=O)Cc1c(F)cccc1F)C(=O)O. The van der Waals surface area contributed by atoms with Gasteiger partial charge in [-0.15, -0.1) is 0 Å². The maximum Gasteiger partial charge on any atom is 0.325 e. The summed E-state index contributed by atoms with van der Waals surface area (Å²) in [4.78, 5) is 21.8. The minimum absolute atomic E-state index is 0.373. The van der Waals surface area contributed by atoms with Crippen LogP contribution in [0.2, 0.25) is 0 Å². The standard InChI is InChI=1S/C11H11F2NO3/c1-6(11(16)17)14-10(15)5-7-8(12)3-2-4-9(7)13/h2-4,6H,5H2,1H3,(H,14,15)(H,16,17). The summed E-state index contributed by atoms with van der Waals surface area (Å²) < 4.78 is 26.3. The van der Waals surface area contributed by atoms with Gasteiger partial charge >= 0.3 is 5.97 Å². The van der Waals surface area contributed by atoms with Crippen LogP contribution in [0.15, 0.2) is 18.2 Å². The van der Waals surface area contributed by atoms with Crippen molar-refractivity contribution in [3.63, 3.8) is 0 Å². The normalized spacial score (nSPS) is 11.9. The number of hydrogen-bond acceptors (Lipinski definition) is 2. The highest BCUT2D eigenvalue weighted by atomic mass is 19.1. The highest BCUT2D eigenvalue weighted by molar-refractivity contribution is 5.84. The zero-order chi connectivity index (χ0) is 13.0. The van der Waals surface area contributed by atoms with E-state index in [0.717, 1.165) is 12.1 Å². The van der Waals surface area contributed by atoms with E-state index in [9.17, 15) is 18.4 Å². The van der Waals surface area contributed by atoms with Crippen LogP contribution in [-0.2, 0) is 16.0 Å². The van der Waals surface area contributed by atoms with Crippen LogP contribution in [0.4, 0.5) is 8.78 Å². The molecule has 2 N–H and O–H groups in total. The molecule has 0 aliphatic rings. The van der Waals surface area contributed by atoms with E-state index in [2.05, 4.69) is 5.32 Å². The fourth-order valence-corrected chi connectivity index (χ4v) is 1.22. The van der Waals surface area contributed by atoms with Gasteiger partial charge in [-0.1, -0.05) is 6.07 Å². The molecule has 92 valence electrons. The van der Waals surface area contributed by atoms with E-state index >= 15 is 0 Å². The lowest BCUT2D eigenvalue weighted by Gasteiger charge is -2.09. The quantitative estimate of drug-likeness (QED) is 0.832. The summed E-state index contributed by atoms with van der Waals surface area (Å²) in [5, 5.41) is 10.7. The average Bonchev–Trinajstić information content (AvgIpc) is 2.23. The first-order chi connectivity index (χ1) is 7.91. The Bertz CT molecular complexity index is 428. The minimum Gasteiger partial charge on any atom is -0.480 e. The van der Waals surface area contributed by atoms with E-state index in [1.807, 2.05) is 0 Å². The highest BCUT2D eigenvalue weighted by Gasteiger charge is 2.17. The summed E-state index contributed by atoms with van der Waals surface area (Å²) in [5.74, 6) is -3.62. The molecule has 1 rings (SSSR count). The van der Waals surface area contributed by atoms with Crippen molar-refractivity contribution in [1.82, 2.24) is 5.32 Å². The Kier molecular flexibility index (Phi) is 4.14. The van der Waals surface area contributed by atoms with E-state index in [1.54, 1.807) is 0 Å². The number of aliphatic carboxylic acids is 1. The summed E-state index contributed by atoms with van der Waals surface area (Å²) >= 11 is 0. The summed E-state index contributed by atoms with van der Waals surface area (Å²) in [6, 6.07) is 2.15. The van der Waals surface area contributed by atoms with Gasteiger partial charge in [-0.25, -0.2) is 8.78 Å². The van der Waals surface area contributed by atoms with Gasteiger partial charge in [-0.05, 0) is 19.1 Å². The molecule has 1 aromatic carbocycles. The molecule has 1 unspecified atom stereocenters. The predicted molar refractivity (Wildman–Crippen MR) is 55.3 cm³/mol. The first-order valence-corrected chi connectivity index (χ1v) is 4.87. The van der Waals surface area contributed by atoms with Crippen LogP contribution in [0, 0.1) is 11.6 Å². The van der Waals surface area contributed by atoms with Crippen LogP contribution in [0.1, 0.15) is 12.5 Å². The van der Waals surface area contributed by atoms with Crippen LogP contribution in [0.5, 0.6) is 0 Å². The lowest BCUT2D eigenvalue weighted by atomic mass is 10.1. The molecular formula is C11H11F2NO3. The number of carbonyl (C=O) groups is 2. The lowest BCUT2D eigenvalue weighted by Crippen LogP contribution is -2.39. The second-order valence-corrected chi connectivity index (χ2v) is 3.50. The number of halogens is 2. The maximum absolute atomic E-state index is 13.2. The van der Waals surface area contributed by atoms with Gasteiger partial charge in [0.25, 0.3) is 0 Å². The van der Waals surface area contributed by atoms with E-state index < -0.39 is 36.0 Å². The molecule has 1 aromatic rings. The van der Waals surface area contributed by atoms with Crippen molar-refractivity contribution in [2.24, 2.45) is 0 Å². The third kappa shape index (κ3) is 3.51. The zero-order valence-electron chi connectivity index (χ0n) is 9.04. The Morgan fingerprint density at radius 1 is 1.35 bits per heavy atom. The number of hydrogen-bond donors (Lipinski definition) is 2. The second kappa shape index (κ2) is 5.38. The smallest absolute Gasteiger partial charge is 0.325 e. The molecule has 4 nitrogen and oxygen atoms in total. The lowest BCUT2D eigenvalue weighted by molar-refractivity contribution is -0.141.